The Balaban J connectivity index is 1.36. The number of ether oxygens (including phenoxy) is 1. The van der Waals surface area contributed by atoms with Crippen LogP contribution >= 0.6 is 0 Å². The Morgan fingerprint density at radius 2 is 1.82 bits per heavy atom. The summed E-state index contributed by atoms with van der Waals surface area (Å²) in [5.41, 5.74) is 2.72. The second-order valence-electron chi connectivity index (χ2n) is 7.75. The highest BCUT2D eigenvalue weighted by atomic mass is 19.1. The van der Waals surface area contributed by atoms with Crippen LogP contribution in [0.1, 0.15) is 16.7 Å². The lowest BCUT2D eigenvalue weighted by Crippen LogP contribution is -2.38. The lowest BCUT2D eigenvalue weighted by molar-refractivity contribution is -0.127. The molecule has 0 spiro atoms. The number of hydrogen-bond acceptors (Lipinski definition) is 4. The summed E-state index contributed by atoms with van der Waals surface area (Å²) < 4.78 is 19.3. The highest BCUT2D eigenvalue weighted by molar-refractivity contribution is 6.15. The van der Waals surface area contributed by atoms with Crippen molar-refractivity contribution < 1.29 is 23.5 Å². The minimum Gasteiger partial charge on any atom is -0.489 e. The average molecular weight is 459 g/mol. The molecule has 4 rings (SSSR count). The third-order valence-electron chi connectivity index (χ3n) is 5.11. The number of urea groups is 1. The molecule has 172 valence electrons. The minimum atomic E-state index is -0.666. The molecule has 0 aliphatic carbocycles. The van der Waals surface area contributed by atoms with Gasteiger partial charge >= 0.3 is 6.03 Å². The van der Waals surface area contributed by atoms with Crippen LogP contribution in [0.25, 0.3) is 6.08 Å². The fourth-order valence-electron chi connectivity index (χ4n) is 3.39. The van der Waals surface area contributed by atoms with Crippen LogP contribution in [0.15, 0.2) is 78.5 Å². The zero-order valence-electron chi connectivity index (χ0n) is 18.4. The van der Waals surface area contributed by atoms with Gasteiger partial charge in [-0.3, -0.25) is 9.59 Å². The first-order chi connectivity index (χ1) is 16.4. The molecular formula is C26H22FN3O4. The van der Waals surface area contributed by atoms with Crippen LogP contribution in [0.2, 0.25) is 0 Å². The van der Waals surface area contributed by atoms with Gasteiger partial charge in [-0.15, -0.1) is 0 Å². The first-order valence-electron chi connectivity index (χ1n) is 10.6. The second-order valence-corrected chi connectivity index (χ2v) is 7.75. The van der Waals surface area contributed by atoms with Gasteiger partial charge in [-0.2, -0.15) is 0 Å². The number of nitrogens with one attached hydrogen (secondary N) is 2. The Bertz CT molecular complexity index is 1270. The molecule has 2 N–H and O–H groups in total. The van der Waals surface area contributed by atoms with Crippen LogP contribution in [-0.2, 0) is 16.2 Å². The monoisotopic (exact) mass is 459 g/mol. The number of amides is 4. The predicted molar refractivity (Wildman–Crippen MR) is 125 cm³/mol. The van der Waals surface area contributed by atoms with E-state index in [2.05, 4.69) is 10.6 Å². The van der Waals surface area contributed by atoms with Gasteiger partial charge in [0, 0.05) is 11.3 Å². The van der Waals surface area contributed by atoms with E-state index < -0.39 is 24.4 Å². The maximum Gasteiger partial charge on any atom is 0.329 e. The highest BCUT2D eigenvalue weighted by Gasteiger charge is 2.34. The van der Waals surface area contributed by atoms with Gasteiger partial charge in [-0.05, 0) is 54.5 Å². The molecule has 1 aliphatic rings. The van der Waals surface area contributed by atoms with Crippen LogP contribution < -0.4 is 15.4 Å². The van der Waals surface area contributed by atoms with Crippen molar-refractivity contribution in [1.82, 2.24) is 10.2 Å². The van der Waals surface area contributed by atoms with Crippen molar-refractivity contribution in [3.63, 3.8) is 0 Å². The van der Waals surface area contributed by atoms with Gasteiger partial charge in [0.25, 0.3) is 5.91 Å². The zero-order valence-corrected chi connectivity index (χ0v) is 18.4. The van der Waals surface area contributed by atoms with Crippen LogP contribution in [0.5, 0.6) is 5.75 Å². The van der Waals surface area contributed by atoms with Gasteiger partial charge in [0.15, 0.2) is 0 Å². The van der Waals surface area contributed by atoms with E-state index >= 15 is 0 Å². The number of anilines is 1. The number of imide groups is 1. The van der Waals surface area contributed by atoms with E-state index in [0.29, 0.717) is 22.6 Å². The number of aryl methyl sites for hydroxylation is 1. The summed E-state index contributed by atoms with van der Waals surface area (Å²) >= 11 is 0. The molecule has 0 bridgehead atoms. The van der Waals surface area contributed by atoms with E-state index in [9.17, 15) is 18.8 Å². The molecule has 1 saturated heterocycles. The molecule has 34 heavy (non-hydrogen) atoms. The van der Waals surface area contributed by atoms with Crippen molar-refractivity contribution in [1.29, 1.82) is 0 Å². The second kappa shape index (κ2) is 9.99. The topological polar surface area (TPSA) is 87.7 Å². The van der Waals surface area contributed by atoms with Crippen molar-refractivity contribution in [3.05, 3.63) is 101 Å². The summed E-state index contributed by atoms with van der Waals surface area (Å²) in [5.74, 6) is -0.880. The fourth-order valence-corrected chi connectivity index (χ4v) is 3.39. The molecule has 8 heteroatoms. The molecule has 0 radical (unpaired) electrons. The van der Waals surface area contributed by atoms with Crippen molar-refractivity contribution in [2.75, 3.05) is 11.9 Å². The average Bonchev–Trinajstić information content (AvgIpc) is 3.07. The van der Waals surface area contributed by atoms with E-state index in [-0.39, 0.29) is 18.1 Å². The van der Waals surface area contributed by atoms with Gasteiger partial charge in [0.05, 0.1) is 0 Å². The number of carbonyl (C=O) groups excluding carboxylic acids is 3. The normalized spacial score (nSPS) is 14.3. The quantitative estimate of drug-likeness (QED) is 0.409. The Hall–Kier alpha value is -4.46. The van der Waals surface area contributed by atoms with Gasteiger partial charge in [0.1, 0.15) is 30.4 Å². The fraction of sp³-hybridized carbons (Fsp3) is 0.115. The Morgan fingerprint density at radius 1 is 1.06 bits per heavy atom. The first-order valence-corrected chi connectivity index (χ1v) is 10.6. The summed E-state index contributed by atoms with van der Waals surface area (Å²) in [4.78, 5) is 38.1. The molecule has 0 atom stereocenters. The number of carbonyl (C=O) groups is 3. The third-order valence-corrected chi connectivity index (χ3v) is 5.11. The molecule has 0 saturated carbocycles. The van der Waals surface area contributed by atoms with Crippen LogP contribution in [-0.4, -0.2) is 29.3 Å². The van der Waals surface area contributed by atoms with Crippen molar-refractivity contribution in [2.24, 2.45) is 0 Å². The Morgan fingerprint density at radius 3 is 2.56 bits per heavy atom. The number of rotatable bonds is 7. The molecule has 1 heterocycles. The van der Waals surface area contributed by atoms with E-state index in [4.69, 9.17) is 4.74 Å². The molecule has 3 aromatic rings. The van der Waals surface area contributed by atoms with Crippen LogP contribution in [0.4, 0.5) is 14.9 Å². The SMILES string of the molecule is Cc1cccc(NC(=O)CN2C(=O)N/C(=C/c3ccc(OCc4ccccc4F)cc3)C2=O)c1. The molecule has 4 amide bonds. The number of halogens is 1. The maximum atomic E-state index is 13.7. The van der Waals surface area contributed by atoms with Crippen molar-refractivity contribution >= 4 is 29.6 Å². The van der Waals surface area contributed by atoms with E-state index in [1.807, 2.05) is 13.0 Å². The van der Waals surface area contributed by atoms with E-state index in [1.165, 1.54) is 12.1 Å². The Kier molecular flexibility index (Phi) is 6.68. The largest absolute Gasteiger partial charge is 0.489 e. The molecule has 1 aliphatic heterocycles. The number of benzene rings is 3. The smallest absolute Gasteiger partial charge is 0.329 e. The summed E-state index contributed by atoms with van der Waals surface area (Å²) in [6.45, 7) is 1.58. The predicted octanol–water partition coefficient (Wildman–Crippen LogP) is 4.24. The lowest BCUT2D eigenvalue weighted by Gasteiger charge is -2.12. The number of hydrogen-bond donors (Lipinski definition) is 2. The molecule has 1 fully saturated rings. The standard InChI is InChI=1S/C26H22FN3O4/c1-17-5-4-7-20(13-17)28-24(31)15-30-25(32)23(29-26(30)33)14-18-9-11-21(12-10-18)34-16-19-6-2-3-8-22(19)27/h2-14H,15-16H2,1H3,(H,28,31)(H,29,33)/b23-14+. The molecule has 3 aromatic carbocycles. The van der Waals surface area contributed by atoms with Crippen LogP contribution in [0, 0.1) is 12.7 Å². The Labute approximate surface area is 195 Å². The molecule has 0 aromatic heterocycles. The first kappa shape index (κ1) is 22.7. The zero-order chi connectivity index (χ0) is 24.1. The summed E-state index contributed by atoms with van der Waals surface area (Å²) in [5, 5.41) is 5.17. The third kappa shape index (κ3) is 5.47. The molecule has 0 unspecified atom stereocenters. The van der Waals surface area contributed by atoms with Gasteiger partial charge in [-0.25, -0.2) is 14.1 Å². The van der Waals surface area contributed by atoms with Crippen LogP contribution in [0.3, 0.4) is 0 Å². The molecule has 7 nitrogen and oxygen atoms in total. The lowest BCUT2D eigenvalue weighted by atomic mass is 10.2. The highest BCUT2D eigenvalue weighted by Crippen LogP contribution is 2.19. The summed E-state index contributed by atoms with van der Waals surface area (Å²) in [7, 11) is 0. The maximum absolute atomic E-state index is 13.7. The van der Waals surface area contributed by atoms with Gasteiger partial charge in [0.2, 0.25) is 5.91 Å². The minimum absolute atomic E-state index is 0.0633. The molecular weight excluding hydrogens is 437 g/mol. The van der Waals surface area contributed by atoms with Gasteiger partial charge in [-0.1, -0.05) is 42.5 Å². The van der Waals surface area contributed by atoms with E-state index in [1.54, 1.807) is 60.7 Å². The van der Waals surface area contributed by atoms with Crippen molar-refractivity contribution in [3.8, 4) is 5.75 Å². The number of nitrogens with zero attached hydrogens (tertiary/aromatic N) is 1. The van der Waals surface area contributed by atoms with Crippen molar-refractivity contribution in [2.45, 2.75) is 13.5 Å². The summed E-state index contributed by atoms with van der Waals surface area (Å²) in [6, 6.07) is 19.7. The summed E-state index contributed by atoms with van der Waals surface area (Å²) in [6.07, 6.45) is 1.51. The van der Waals surface area contributed by atoms with E-state index in [0.717, 1.165) is 10.5 Å². The van der Waals surface area contributed by atoms with Gasteiger partial charge < -0.3 is 15.4 Å².